The molecule has 3 heteroatoms. The average Bonchev–Trinajstić information content (AvgIpc) is 1.55. The van der Waals surface area contributed by atoms with Gasteiger partial charge in [-0.1, -0.05) is 244 Å². The molecule has 1 unspecified atom stereocenters. The second-order valence-electron chi connectivity index (χ2n) is 18.8. The van der Waals surface area contributed by atoms with Gasteiger partial charge < -0.3 is 11.1 Å². The molecule has 0 fully saturated rings. The van der Waals surface area contributed by atoms with Crippen LogP contribution in [-0.4, -0.2) is 0 Å². The maximum atomic E-state index is 8.30. The number of rotatable bonds is 8. The second-order valence-corrected chi connectivity index (χ2v) is 19.6. The fraction of sp³-hybridized carbons (Fsp3) is 0.273. The van der Waals surface area contributed by atoms with Gasteiger partial charge in [0.25, 0.3) is 0 Å². The summed E-state index contributed by atoms with van der Waals surface area (Å²) in [5, 5.41) is 3.19. The third-order valence-electron chi connectivity index (χ3n) is 13.5. The van der Waals surface area contributed by atoms with Crippen molar-refractivity contribution in [1.29, 1.82) is 0 Å². The molecule has 0 radical (unpaired) electrons. The monoisotopic (exact) mass is 992 g/mol. The Morgan fingerprint density at radius 2 is 0.841 bits per heavy atom. The van der Waals surface area contributed by atoms with Crippen molar-refractivity contribution in [3.05, 3.63) is 219 Å². The third kappa shape index (κ3) is 9.86. The average molecular weight is 993 g/mol. The molecule has 0 aliphatic heterocycles. The highest BCUT2D eigenvalue weighted by Gasteiger charge is 2.37. The van der Waals surface area contributed by atoms with Gasteiger partial charge >= 0.3 is 0 Å². The molecule has 3 N–H and O–H groups in total. The first-order chi connectivity index (χ1) is 41.4. The summed E-state index contributed by atoms with van der Waals surface area (Å²) in [5.74, 6) is -5.86. The largest absolute Gasteiger partial charge is 0.398 e. The minimum absolute atomic E-state index is 0.00927. The highest BCUT2D eigenvalue weighted by Crippen LogP contribution is 2.52. The predicted octanol–water partition coefficient (Wildman–Crippen LogP) is 19.6. The third-order valence-corrected chi connectivity index (χ3v) is 14.2. The van der Waals surface area contributed by atoms with E-state index >= 15 is 0 Å². The Kier molecular flexibility index (Phi) is 8.46. The van der Waals surface area contributed by atoms with E-state index in [0.29, 0.717) is 5.56 Å². The van der Waals surface area contributed by atoms with Crippen molar-refractivity contribution in [2.75, 3.05) is 11.1 Å². The summed E-state index contributed by atoms with van der Waals surface area (Å²) in [6, 6.07) is 52.2. The molecule has 0 bridgehead atoms. The predicted molar refractivity (Wildman–Crippen MR) is 304 cm³/mol. The summed E-state index contributed by atoms with van der Waals surface area (Å²) in [4.78, 5) is 0. The maximum Gasteiger partial charge on any atom is 0.0425 e. The molecule has 2 nitrogen and oxygen atoms in total. The molecule has 8 aromatic carbocycles. The fourth-order valence-electron chi connectivity index (χ4n) is 9.70. The summed E-state index contributed by atoms with van der Waals surface area (Å²) >= 11 is 3.49. The molecule has 0 saturated heterocycles. The number of nitrogens with two attached hydrogens (primary N) is 1. The molecule has 69 heavy (non-hydrogen) atoms. The zero-order valence-electron chi connectivity index (χ0n) is 60.4. The number of fused-ring (bicyclic) bond motifs is 6. The summed E-state index contributed by atoms with van der Waals surface area (Å²) in [5.41, 5.74) is 17.8. The number of hydrogen-bond acceptors (Lipinski definition) is 2. The SMILES string of the molecule is [2H]C([2H])([2H])C(C)c1ccc(-c2ccccc2)cc1Br.[2H]C([2H])([2H])C(c1cc2c(cc1N)-c1ccccc1C2(C)C)C([2H])([2H])[2H].[2H]C([2H])([2H])C(c1ccc(-c2ccccc2)cc1Nc1cc2c(cc1C(C([2H])([2H])[2H])C([2H])([2H])[2H])C(C)(C)c1ccccc1-2)C([2H])([2H])[2H]. The van der Waals surface area contributed by atoms with Crippen LogP contribution in [0, 0.1) is 0 Å². The molecule has 0 spiro atoms. The van der Waals surface area contributed by atoms with Crippen LogP contribution in [0.1, 0.15) is 180 Å². The van der Waals surface area contributed by atoms with Gasteiger partial charge in [0.1, 0.15) is 0 Å². The number of nitrogen functional groups attached to an aromatic ring is 1. The molecule has 2 aliphatic carbocycles. The zero-order valence-corrected chi connectivity index (χ0v) is 41.0. The van der Waals surface area contributed by atoms with E-state index in [1.54, 1.807) is 43.3 Å². The Morgan fingerprint density at radius 1 is 0.406 bits per heavy atom. The van der Waals surface area contributed by atoms with Crippen molar-refractivity contribution in [2.24, 2.45) is 0 Å². The van der Waals surface area contributed by atoms with Gasteiger partial charge in [0.05, 0.1) is 0 Å². The van der Waals surface area contributed by atoms with Crippen LogP contribution >= 0.6 is 15.9 Å². The van der Waals surface area contributed by atoms with Crippen LogP contribution in [0.4, 0.5) is 17.1 Å². The Labute approximate surface area is 452 Å². The molecule has 0 saturated carbocycles. The lowest BCUT2D eigenvalue weighted by Gasteiger charge is -2.25. The first-order valence-corrected chi connectivity index (χ1v) is 23.8. The van der Waals surface area contributed by atoms with E-state index in [-0.39, 0.29) is 39.2 Å². The fourth-order valence-corrected chi connectivity index (χ4v) is 10.4. The van der Waals surface area contributed by atoms with E-state index in [0.717, 1.165) is 71.2 Å². The van der Waals surface area contributed by atoms with Gasteiger partial charge in [-0.3, -0.25) is 0 Å². The minimum Gasteiger partial charge on any atom is -0.398 e. The lowest BCUT2D eigenvalue weighted by Crippen LogP contribution is -2.15. The van der Waals surface area contributed by atoms with Crippen molar-refractivity contribution < 1.29 is 28.8 Å². The smallest absolute Gasteiger partial charge is 0.0425 e. The maximum absolute atomic E-state index is 8.30. The molecule has 0 heterocycles. The molecular weight excluding hydrogens is 901 g/mol. The first kappa shape index (κ1) is 29.1. The van der Waals surface area contributed by atoms with Crippen LogP contribution < -0.4 is 11.1 Å². The Bertz CT molecular complexity index is 3850. The van der Waals surface area contributed by atoms with E-state index in [9.17, 15) is 0 Å². The van der Waals surface area contributed by atoms with E-state index < -0.39 is 77.0 Å². The number of anilines is 3. The highest BCUT2D eigenvalue weighted by atomic mass is 79.9. The number of hydrogen-bond donors (Lipinski definition) is 2. The van der Waals surface area contributed by atoms with Crippen LogP contribution in [0.5, 0.6) is 0 Å². The molecule has 10 rings (SSSR count). The molecule has 8 aromatic rings. The van der Waals surface area contributed by atoms with Crippen molar-refractivity contribution in [3.63, 3.8) is 0 Å². The van der Waals surface area contributed by atoms with E-state index in [4.69, 9.17) is 34.5 Å². The Hall–Kier alpha value is -6.16. The van der Waals surface area contributed by atoms with Gasteiger partial charge in [0, 0.05) is 61.2 Å². The van der Waals surface area contributed by atoms with Crippen molar-refractivity contribution in [2.45, 2.75) is 117 Å². The second kappa shape index (κ2) is 20.1. The van der Waals surface area contributed by atoms with Gasteiger partial charge in [-0.15, -0.1) is 0 Å². The van der Waals surface area contributed by atoms with E-state index in [2.05, 4.69) is 35.1 Å². The molecule has 0 amide bonds. The first-order valence-electron chi connectivity index (χ1n) is 33.5. The quantitative estimate of drug-likeness (QED) is 0.149. The van der Waals surface area contributed by atoms with Gasteiger partial charge in [-0.25, -0.2) is 0 Å². The van der Waals surface area contributed by atoms with Crippen LogP contribution in [-0.2, 0) is 10.8 Å². The van der Waals surface area contributed by atoms with Gasteiger partial charge in [0.2, 0.25) is 0 Å². The highest BCUT2D eigenvalue weighted by molar-refractivity contribution is 9.10. The van der Waals surface area contributed by atoms with E-state index in [1.165, 1.54) is 6.07 Å². The van der Waals surface area contributed by atoms with Crippen molar-refractivity contribution in [1.82, 2.24) is 0 Å². The standard InChI is InChI=1S/C33H35N.C18H21N.C15H15Br/c1-21(2)25-17-16-24(23-12-8-7-9-13-23)18-31(25)34-32-20-28-26-14-10-11-15-29(26)33(5,6)30(28)19-27(32)22(3)4;1-11(2)13-9-16-14(10-17(13)19)12-7-5-6-8-15(12)18(16,3)4;1-11(2)14-9-8-13(10-15(14)16)12-6-4-3-5-7-12/h7-22,34H,1-6H3;5-11H,19H2,1-4H3;3-11H,1-2H3/i1D3,2D3,3D3,4D3;1D3,2D3;1D3. The summed E-state index contributed by atoms with van der Waals surface area (Å²) in [6.45, 7) is -9.17. The molecular formula is C66H71BrN2. The summed E-state index contributed by atoms with van der Waals surface area (Å²) in [6.07, 6.45) is 0. The zero-order chi connectivity index (χ0) is 66.9. The van der Waals surface area contributed by atoms with Crippen LogP contribution in [0.25, 0.3) is 44.5 Å². The summed E-state index contributed by atoms with van der Waals surface area (Å²) < 4.78 is 169. The van der Waals surface area contributed by atoms with E-state index in [1.807, 2.05) is 141 Å². The van der Waals surface area contributed by atoms with Gasteiger partial charge in [-0.05, 0) is 137 Å². The molecule has 1 atom stereocenters. The molecule has 2 aliphatic rings. The normalized spacial score (nSPS) is 19.7. The van der Waals surface area contributed by atoms with Crippen LogP contribution in [0.3, 0.4) is 0 Å². The van der Waals surface area contributed by atoms with Crippen molar-refractivity contribution in [3.8, 4) is 44.5 Å². The van der Waals surface area contributed by atoms with Crippen LogP contribution in [0.15, 0.2) is 174 Å². The minimum atomic E-state index is -2.93. The lowest BCUT2D eigenvalue weighted by molar-refractivity contribution is 0.658. The molecule has 0 aromatic heterocycles. The number of halogens is 1. The topological polar surface area (TPSA) is 38.0 Å². The lowest BCUT2D eigenvalue weighted by atomic mass is 9.81. The van der Waals surface area contributed by atoms with Crippen molar-refractivity contribution >= 4 is 33.0 Å². The van der Waals surface area contributed by atoms with Gasteiger partial charge in [-0.2, -0.15) is 0 Å². The van der Waals surface area contributed by atoms with Crippen LogP contribution in [0.2, 0.25) is 0 Å². The summed E-state index contributed by atoms with van der Waals surface area (Å²) in [7, 11) is 0. The Morgan fingerprint density at radius 3 is 1.38 bits per heavy atom. The Balaban J connectivity index is 0.000000198. The molecule has 352 valence electrons. The number of benzene rings is 8. The van der Waals surface area contributed by atoms with Gasteiger partial charge in [0.15, 0.2) is 0 Å². The number of nitrogens with one attached hydrogen (secondary N) is 1.